The van der Waals surface area contributed by atoms with Crippen LogP contribution in [0.15, 0.2) is 40.9 Å². The van der Waals surface area contributed by atoms with Gasteiger partial charge in [0.2, 0.25) is 0 Å². The first-order valence-corrected chi connectivity index (χ1v) is 8.30. The Hall–Kier alpha value is -2.45. The van der Waals surface area contributed by atoms with Crippen molar-refractivity contribution in [1.82, 2.24) is 0 Å². The Kier molecular flexibility index (Phi) is 6.49. The molecule has 0 fully saturated rings. The SMILES string of the molecule is COCCNc1ccc([N+](=O)[O-])cc1C(=O)Nc1ccc(Br)c(C)c1. The Morgan fingerprint density at radius 1 is 1.28 bits per heavy atom. The van der Waals surface area contributed by atoms with Gasteiger partial charge in [-0.2, -0.15) is 0 Å². The number of nitro groups is 1. The van der Waals surface area contributed by atoms with Gasteiger partial charge >= 0.3 is 0 Å². The lowest BCUT2D eigenvalue weighted by Crippen LogP contribution is -2.17. The average Bonchev–Trinajstić information content (AvgIpc) is 2.58. The van der Waals surface area contributed by atoms with Crippen LogP contribution in [0.1, 0.15) is 15.9 Å². The second-order valence-electron chi connectivity index (χ2n) is 5.32. The molecular weight excluding hydrogens is 390 g/mol. The van der Waals surface area contributed by atoms with Crippen molar-refractivity contribution in [2.45, 2.75) is 6.92 Å². The third-order valence-corrected chi connectivity index (χ3v) is 4.39. The van der Waals surface area contributed by atoms with E-state index in [9.17, 15) is 14.9 Å². The summed E-state index contributed by atoms with van der Waals surface area (Å²) in [6.45, 7) is 2.83. The molecule has 0 aliphatic heterocycles. The quantitative estimate of drug-likeness (QED) is 0.411. The van der Waals surface area contributed by atoms with Crippen LogP contribution in [-0.2, 0) is 4.74 Å². The monoisotopic (exact) mass is 407 g/mol. The number of nitrogens with zero attached hydrogens (tertiary/aromatic N) is 1. The maximum absolute atomic E-state index is 12.6. The lowest BCUT2D eigenvalue weighted by molar-refractivity contribution is -0.384. The highest BCUT2D eigenvalue weighted by Crippen LogP contribution is 2.25. The predicted molar refractivity (Wildman–Crippen MR) is 100 cm³/mol. The number of ether oxygens (including phenoxy) is 1. The summed E-state index contributed by atoms with van der Waals surface area (Å²) >= 11 is 3.40. The molecule has 0 bridgehead atoms. The fraction of sp³-hybridized carbons (Fsp3) is 0.235. The molecule has 2 aromatic rings. The van der Waals surface area contributed by atoms with Gasteiger partial charge in [-0.05, 0) is 36.8 Å². The number of carbonyl (C=O) groups is 1. The Labute approximate surface area is 153 Å². The minimum atomic E-state index is -0.528. The summed E-state index contributed by atoms with van der Waals surface area (Å²) in [7, 11) is 1.57. The maximum Gasteiger partial charge on any atom is 0.270 e. The number of halogens is 1. The second kappa shape index (κ2) is 8.59. The lowest BCUT2D eigenvalue weighted by Gasteiger charge is -2.12. The Morgan fingerprint density at radius 3 is 2.68 bits per heavy atom. The molecule has 0 aliphatic carbocycles. The number of nitro benzene ring substituents is 1. The molecule has 0 saturated heterocycles. The molecule has 0 atom stereocenters. The highest BCUT2D eigenvalue weighted by Gasteiger charge is 2.17. The van der Waals surface area contributed by atoms with Gasteiger partial charge in [0.15, 0.2) is 0 Å². The van der Waals surface area contributed by atoms with Gasteiger partial charge in [0, 0.05) is 41.6 Å². The van der Waals surface area contributed by atoms with Gasteiger partial charge in [-0.1, -0.05) is 15.9 Å². The lowest BCUT2D eigenvalue weighted by atomic mass is 10.1. The third kappa shape index (κ3) is 5.01. The van der Waals surface area contributed by atoms with E-state index in [0.717, 1.165) is 10.0 Å². The van der Waals surface area contributed by atoms with Crippen LogP contribution in [0.3, 0.4) is 0 Å². The number of methoxy groups -OCH3 is 1. The van der Waals surface area contributed by atoms with E-state index >= 15 is 0 Å². The number of rotatable bonds is 7. The number of hydrogen-bond acceptors (Lipinski definition) is 5. The van der Waals surface area contributed by atoms with E-state index in [0.29, 0.717) is 24.5 Å². The minimum absolute atomic E-state index is 0.144. The van der Waals surface area contributed by atoms with Crippen LogP contribution in [0.25, 0.3) is 0 Å². The molecule has 0 heterocycles. The molecule has 1 amide bonds. The van der Waals surface area contributed by atoms with Gasteiger partial charge in [-0.3, -0.25) is 14.9 Å². The van der Waals surface area contributed by atoms with Crippen LogP contribution in [0.4, 0.5) is 17.1 Å². The number of non-ortho nitro benzene ring substituents is 1. The van der Waals surface area contributed by atoms with E-state index in [2.05, 4.69) is 26.6 Å². The first kappa shape index (κ1) is 18.9. The molecule has 0 unspecified atom stereocenters. The van der Waals surface area contributed by atoms with E-state index in [-0.39, 0.29) is 11.3 Å². The van der Waals surface area contributed by atoms with Gasteiger partial charge < -0.3 is 15.4 Å². The first-order valence-electron chi connectivity index (χ1n) is 7.51. The normalized spacial score (nSPS) is 10.4. The average molecular weight is 408 g/mol. The van der Waals surface area contributed by atoms with Crippen molar-refractivity contribution < 1.29 is 14.5 Å². The van der Waals surface area contributed by atoms with Gasteiger partial charge in [-0.25, -0.2) is 0 Å². The molecule has 0 aliphatic rings. The number of nitrogens with one attached hydrogen (secondary N) is 2. The fourth-order valence-electron chi connectivity index (χ4n) is 2.20. The van der Waals surface area contributed by atoms with Gasteiger partial charge in [-0.15, -0.1) is 0 Å². The predicted octanol–water partition coefficient (Wildman–Crippen LogP) is 3.98. The number of hydrogen-bond donors (Lipinski definition) is 2. The zero-order chi connectivity index (χ0) is 18.4. The number of benzene rings is 2. The molecule has 2 aromatic carbocycles. The second-order valence-corrected chi connectivity index (χ2v) is 6.18. The Morgan fingerprint density at radius 2 is 2.04 bits per heavy atom. The van der Waals surface area contributed by atoms with Crippen molar-refractivity contribution in [3.05, 3.63) is 62.1 Å². The highest BCUT2D eigenvalue weighted by atomic mass is 79.9. The summed E-state index contributed by atoms with van der Waals surface area (Å²) in [5.74, 6) is -0.426. The smallest absolute Gasteiger partial charge is 0.270 e. The van der Waals surface area contributed by atoms with Crippen molar-refractivity contribution in [3.63, 3.8) is 0 Å². The first-order chi connectivity index (χ1) is 11.9. The fourth-order valence-corrected chi connectivity index (χ4v) is 2.44. The van der Waals surface area contributed by atoms with Crippen molar-refractivity contribution >= 4 is 38.9 Å². The van der Waals surface area contributed by atoms with E-state index < -0.39 is 10.8 Å². The van der Waals surface area contributed by atoms with Crippen LogP contribution >= 0.6 is 15.9 Å². The van der Waals surface area contributed by atoms with Crippen LogP contribution < -0.4 is 10.6 Å². The van der Waals surface area contributed by atoms with Crippen LogP contribution in [0, 0.1) is 17.0 Å². The van der Waals surface area contributed by atoms with Crippen molar-refractivity contribution in [1.29, 1.82) is 0 Å². The standard InChI is InChI=1S/C17H18BrN3O4/c1-11-9-12(3-5-15(11)18)20-17(22)14-10-13(21(23)24)4-6-16(14)19-7-8-25-2/h3-6,9-10,19H,7-8H2,1-2H3,(H,20,22). The molecule has 2 rings (SSSR count). The summed E-state index contributed by atoms with van der Waals surface area (Å²) in [5, 5.41) is 16.8. The van der Waals surface area contributed by atoms with Crippen molar-refractivity contribution in [2.24, 2.45) is 0 Å². The topological polar surface area (TPSA) is 93.5 Å². The third-order valence-electron chi connectivity index (χ3n) is 3.50. The van der Waals surface area contributed by atoms with E-state index in [1.54, 1.807) is 13.2 Å². The van der Waals surface area contributed by atoms with E-state index in [1.165, 1.54) is 18.2 Å². The molecule has 0 spiro atoms. The minimum Gasteiger partial charge on any atom is -0.383 e. The molecule has 2 N–H and O–H groups in total. The molecule has 7 nitrogen and oxygen atoms in total. The van der Waals surface area contributed by atoms with Gasteiger partial charge in [0.25, 0.3) is 11.6 Å². The summed E-state index contributed by atoms with van der Waals surface area (Å²) in [4.78, 5) is 23.1. The number of amides is 1. The Bertz CT molecular complexity index is 795. The highest BCUT2D eigenvalue weighted by molar-refractivity contribution is 9.10. The van der Waals surface area contributed by atoms with Gasteiger partial charge in [0.1, 0.15) is 0 Å². The van der Waals surface area contributed by atoms with E-state index in [4.69, 9.17) is 4.74 Å². The molecule has 8 heteroatoms. The largest absolute Gasteiger partial charge is 0.383 e. The van der Waals surface area contributed by atoms with Crippen LogP contribution in [0.2, 0.25) is 0 Å². The molecule has 25 heavy (non-hydrogen) atoms. The zero-order valence-electron chi connectivity index (χ0n) is 13.8. The summed E-state index contributed by atoms with van der Waals surface area (Å²) in [5.41, 5.74) is 2.14. The van der Waals surface area contributed by atoms with Gasteiger partial charge in [0.05, 0.1) is 17.1 Å². The van der Waals surface area contributed by atoms with Crippen molar-refractivity contribution in [3.8, 4) is 0 Å². The van der Waals surface area contributed by atoms with Crippen molar-refractivity contribution in [2.75, 3.05) is 30.9 Å². The van der Waals surface area contributed by atoms with E-state index in [1.807, 2.05) is 19.1 Å². The Balaban J connectivity index is 2.29. The summed E-state index contributed by atoms with van der Waals surface area (Å²) < 4.78 is 5.90. The maximum atomic E-state index is 12.6. The molecule has 0 aromatic heterocycles. The molecule has 0 saturated carbocycles. The molecule has 132 valence electrons. The number of anilines is 2. The summed E-state index contributed by atoms with van der Waals surface area (Å²) in [6.07, 6.45) is 0. The van der Waals surface area contributed by atoms with Crippen LogP contribution in [-0.4, -0.2) is 31.1 Å². The number of aryl methyl sites for hydroxylation is 1. The zero-order valence-corrected chi connectivity index (χ0v) is 15.4. The molecule has 0 radical (unpaired) electrons. The molecular formula is C17H18BrN3O4. The van der Waals surface area contributed by atoms with Crippen LogP contribution in [0.5, 0.6) is 0 Å². The number of carbonyl (C=O) groups excluding carboxylic acids is 1. The summed E-state index contributed by atoms with van der Waals surface area (Å²) in [6, 6.07) is 9.54.